The number of carboxylic acid groups (broad SMARTS) is 1. The molecule has 1 amide bonds. The van der Waals surface area contributed by atoms with Crippen LogP contribution < -0.4 is 11.5 Å². The molecule has 0 aromatic rings. The predicted octanol–water partition coefficient (Wildman–Crippen LogP) is 0.560. The zero-order valence-electron chi connectivity index (χ0n) is 7.91. The summed E-state index contributed by atoms with van der Waals surface area (Å²) in [5.41, 5.74) is 0. The molecule has 0 fully saturated rings. The number of nitrogens with one attached hydrogen (secondary N) is 1. The minimum atomic E-state index is -1.03. The molecular formula is C8H16N2O3. The standard InChI is InChI=1S/C8H13NO3.H3N/c1-4-6(10)9-7(5(2)3)8(11)12;/h4-5,7H,1H2,2-3H3,(H,9,10)(H,11,12);1H3. The Labute approximate surface area is 77.4 Å². The smallest absolute Gasteiger partial charge is 0.326 e. The van der Waals surface area contributed by atoms with E-state index in [0.29, 0.717) is 0 Å². The van der Waals surface area contributed by atoms with Gasteiger partial charge in [0.15, 0.2) is 0 Å². The molecule has 0 bridgehead atoms. The molecule has 0 aromatic heterocycles. The number of carbonyl (C=O) groups excluding carboxylic acids is 1. The molecule has 5 heteroatoms. The molecule has 0 heterocycles. The van der Waals surface area contributed by atoms with Crippen molar-refractivity contribution in [3.05, 3.63) is 12.7 Å². The van der Waals surface area contributed by atoms with Crippen LogP contribution in [0.2, 0.25) is 0 Å². The van der Waals surface area contributed by atoms with Gasteiger partial charge in [0.1, 0.15) is 6.04 Å². The zero-order chi connectivity index (χ0) is 9.72. The minimum Gasteiger partial charge on any atom is -0.480 e. The maximum atomic E-state index is 10.7. The molecule has 0 aromatic carbocycles. The van der Waals surface area contributed by atoms with E-state index in [-0.39, 0.29) is 12.1 Å². The van der Waals surface area contributed by atoms with E-state index in [2.05, 4.69) is 11.9 Å². The van der Waals surface area contributed by atoms with E-state index in [1.165, 1.54) is 0 Å². The van der Waals surface area contributed by atoms with Crippen LogP contribution in [0.25, 0.3) is 0 Å². The molecule has 1 atom stereocenters. The first-order valence-electron chi connectivity index (χ1n) is 3.64. The van der Waals surface area contributed by atoms with Gasteiger partial charge in [-0.1, -0.05) is 20.4 Å². The highest BCUT2D eigenvalue weighted by Gasteiger charge is 2.21. The average Bonchev–Trinajstić information content (AvgIpc) is 1.98. The molecule has 5 N–H and O–H groups in total. The first-order valence-corrected chi connectivity index (χ1v) is 3.64. The van der Waals surface area contributed by atoms with Crippen LogP contribution in [0.1, 0.15) is 13.8 Å². The van der Waals surface area contributed by atoms with Crippen molar-refractivity contribution >= 4 is 11.9 Å². The highest BCUT2D eigenvalue weighted by molar-refractivity contribution is 5.90. The van der Waals surface area contributed by atoms with E-state index >= 15 is 0 Å². The fourth-order valence-electron chi connectivity index (χ4n) is 0.726. The lowest BCUT2D eigenvalue weighted by atomic mass is 10.1. The van der Waals surface area contributed by atoms with Gasteiger partial charge in [-0.2, -0.15) is 0 Å². The molecule has 13 heavy (non-hydrogen) atoms. The summed E-state index contributed by atoms with van der Waals surface area (Å²) in [7, 11) is 0. The third kappa shape index (κ3) is 4.97. The molecule has 5 nitrogen and oxygen atoms in total. The minimum absolute atomic E-state index is 0. The Kier molecular flexibility index (Phi) is 6.75. The van der Waals surface area contributed by atoms with Gasteiger partial charge in [0.05, 0.1) is 0 Å². The van der Waals surface area contributed by atoms with Gasteiger partial charge >= 0.3 is 5.97 Å². The maximum Gasteiger partial charge on any atom is 0.326 e. The average molecular weight is 188 g/mol. The summed E-state index contributed by atoms with van der Waals surface area (Å²) in [4.78, 5) is 21.3. The van der Waals surface area contributed by atoms with Crippen LogP contribution in [0.5, 0.6) is 0 Å². The summed E-state index contributed by atoms with van der Waals surface area (Å²) in [6, 6.07) is -0.838. The van der Waals surface area contributed by atoms with E-state index < -0.39 is 17.9 Å². The van der Waals surface area contributed by atoms with Gasteiger partial charge in [-0.3, -0.25) is 4.79 Å². The van der Waals surface area contributed by atoms with Gasteiger partial charge in [-0.25, -0.2) is 4.79 Å². The van der Waals surface area contributed by atoms with Gasteiger partial charge < -0.3 is 16.6 Å². The third-order valence-electron chi connectivity index (χ3n) is 1.42. The van der Waals surface area contributed by atoms with Crippen LogP contribution in [-0.4, -0.2) is 23.0 Å². The molecule has 0 radical (unpaired) electrons. The molecule has 0 saturated carbocycles. The third-order valence-corrected chi connectivity index (χ3v) is 1.42. The van der Waals surface area contributed by atoms with Gasteiger partial charge in [-0.05, 0) is 12.0 Å². The Bertz CT molecular complexity index is 202. The Balaban J connectivity index is 0. The molecule has 0 rings (SSSR count). The summed E-state index contributed by atoms with van der Waals surface area (Å²) < 4.78 is 0. The second kappa shape index (κ2) is 6.19. The summed E-state index contributed by atoms with van der Waals surface area (Å²) in [6.07, 6.45) is 1.05. The van der Waals surface area contributed by atoms with Crippen molar-refractivity contribution in [2.75, 3.05) is 0 Å². The van der Waals surface area contributed by atoms with Crippen molar-refractivity contribution in [3.63, 3.8) is 0 Å². The molecule has 0 spiro atoms. The van der Waals surface area contributed by atoms with Crippen molar-refractivity contribution in [3.8, 4) is 0 Å². The second-order valence-corrected chi connectivity index (χ2v) is 2.77. The zero-order valence-corrected chi connectivity index (χ0v) is 7.91. The van der Waals surface area contributed by atoms with Crippen LogP contribution in [0.4, 0.5) is 0 Å². The summed E-state index contributed by atoms with van der Waals surface area (Å²) in [6.45, 7) is 6.68. The van der Waals surface area contributed by atoms with Gasteiger partial charge in [0, 0.05) is 0 Å². The van der Waals surface area contributed by atoms with Gasteiger partial charge in [0.25, 0.3) is 0 Å². The quantitative estimate of drug-likeness (QED) is 0.561. The van der Waals surface area contributed by atoms with Crippen LogP contribution >= 0.6 is 0 Å². The Hall–Kier alpha value is -1.36. The highest BCUT2D eigenvalue weighted by atomic mass is 16.4. The van der Waals surface area contributed by atoms with Crippen molar-refractivity contribution in [1.82, 2.24) is 11.5 Å². The lowest BCUT2D eigenvalue weighted by molar-refractivity contribution is -0.142. The number of hydrogen-bond donors (Lipinski definition) is 3. The number of aliphatic carboxylic acids is 1. The summed E-state index contributed by atoms with van der Waals surface area (Å²) in [5, 5.41) is 10.9. The molecule has 0 aliphatic heterocycles. The van der Waals surface area contributed by atoms with Gasteiger partial charge in [-0.15, -0.1) is 0 Å². The van der Waals surface area contributed by atoms with Crippen LogP contribution in [-0.2, 0) is 9.59 Å². The normalized spacial score (nSPS) is 11.3. The van der Waals surface area contributed by atoms with E-state index in [4.69, 9.17) is 5.11 Å². The lowest BCUT2D eigenvalue weighted by Gasteiger charge is -2.16. The fraction of sp³-hybridized carbons (Fsp3) is 0.500. The van der Waals surface area contributed by atoms with Crippen molar-refractivity contribution < 1.29 is 14.7 Å². The summed E-state index contributed by atoms with van der Waals surface area (Å²) in [5.74, 6) is -1.62. The summed E-state index contributed by atoms with van der Waals surface area (Å²) >= 11 is 0. The second-order valence-electron chi connectivity index (χ2n) is 2.77. The number of amides is 1. The number of carbonyl (C=O) groups is 2. The SMILES string of the molecule is C=CC(=O)NC(C(=O)O)C(C)C.N. The molecule has 76 valence electrons. The van der Waals surface area contributed by atoms with Gasteiger partial charge in [0.2, 0.25) is 5.91 Å². The first kappa shape index (κ1) is 14.2. The van der Waals surface area contributed by atoms with Crippen LogP contribution in [0.3, 0.4) is 0 Å². The topological polar surface area (TPSA) is 101 Å². The van der Waals surface area contributed by atoms with Crippen LogP contribution in [0.15, 0.2) is 12.7 Å². The fourth-order valence-corrected chi connectivity index (χ4v) is 0.726. The Morgan fingerprint density at radius 3 is 2.15 bits per heavy atom. The van der Waals surface area contributed by atoms with Crippen molar-refractivity contribution in [2.45, 2.75) is 19.9 Å². The first-order chi connectivity index (χ1) is 5.49. The highest BCUT2D eigenvalue weighted by Crippen LogP contribution is 2.01. The molecule has 0 saturated heterocycles. The van der Waals surface area contributed by atoms with Crippen molar-refractivity contribution in [1.29, 1.82) is 0 Å². The van der Waals surface area contributed by atoms with E-state index in [1.54, 1.807) is 13.8 Å². The van der Waals surface area contributed by atoms with E-state index in [0.717, 1.165) is 6.08 Å². The monoisotopic (exact) mass is 188 g/mol. The number of carboxylic acids is 1. The van der Waals surface area contributed by atoms with Crippen molar-refractivity contribution in [2.24, 2.45) is 5.92 Å². The molecule has 0 aliphatic rings. The van der Waals surface area contributed by atoms with E-state index in [9.17, 15) is 9.59 Å². The predicted molar refractivity (Wildman–Crippen MR) is 49.6 cm³/mol. The maximum absolute atomic E-state index is 10.7. The number of rotatable bonds is 4. The number of hydrogen-bond acceptors (Lipinski definition) is 3. The Morgan fingerprint density at radius 2 is 1.92 bits per heavy atom. The molecule has 1 unspecified atom stereocenters. The largest absolute Gasteiger partial charge is 0.480 e. The lowest BCUT2D eigenvalue weighted by Crippen LogP contribution is -2.43. The molecule has 0 aliphatic carbocycles. The Morgan fingerprint density at radius 1 is 1.46 bits per heavy atom. The van der Waals surface area contributed by atoms with Crippen LogP contribution in [0, 0.1) is 5.92 Å². The molecular weight excluding hydrogens is 172 g/mol. The van der Waals surface area contributed by atoms with E-state index in [1.807, 2.05) is 0 Å².